The Morgan fingerprint density at radius 1 is 1.02 bits per heavy atom. The second-order valence-corrected chi connectivity index (χ2v) is 10.5. The van der Waals surface area contributed by atoms with Crippen molar-refractivity contribution in [3.8, 4) is 0 Å². The van der Waals surface area contributed by atoms with Gasteiger partial charge in [0, 0.05) is 17.7 Å². The fraction of sp³-hybridized carbons (Fsp3) is 0.182. The number of fused-ring (bicyclic) bond motifs is 1. The van der Waals surface area contributed by atoms with Crippen LogP contribution in [0.5, 0.6) is 0 Å². The van der Waals surface area contributed by atoms with Gasteiger partial charge in [-0.15, -0.1) is 0 Å². The minimum Gasteiger partial charge on any atom is -0.383 e. The minimum absolute atomic E-state index is 0.0274. The quantitative estimate of drug-likeness (QED) is 0.201. The highest BCUT2D eigenvalue weighted by Crippen LogP contribution is 2.41. The molecule has 1 aromatic heterocycles. The fourth-order valence-electron chi connectivity index (χ4n) is 5.31. The number of nitrogen functional groups attached to an aromatic ring is 1. The summed E-state index contributed by atoms with van der Waals surface area (Å²) < 4.78 is 44.0. The van der Waals surface area contributed by atoms with E-state index in [1.807, 2.05) is 19.9 Å². The molecule has 4 aromatic rings. The first kappa shape index (κ1) is 27.8. The van der Waals surface area contributed by atoms with Gasteiger partial charge in [0.05, 0.1) is 11.3 Å². The van der Waals surface area contributed by atoms with Crippen molar-refractivity contribution >= 4 is 28.5 Å². The molecule has 1 aliphatic carbocycles. The van der Waals surface area contributed by atoms with Crippen LogP contribution >= 0.6 is 0 Å². The topological polar surface area (TPSA) is 87.7 Å². The monoisotopic (exact) mass is 553 g/mol. The number of allylic oxidation sites excluding steroid dienone is 2. The number of nitrogens with zero attached hydrogens (tertiary/aromatic N) is 2. The number of aromatic nitrogens is 2. The first-order chi connectivity index (χ1) is 19.6. The predicted octanol–water partition coefficient (Wildman–Crippen LogP) is 7.23. The van der Waals surface area contributed by atoms with Crippen molar-refractivity contribution in [3.63, 3.8) is 0 Å². The van der Waals surface area contributed by atoms with E-state index in [4.69, 9.17) is 11.1 Å². The zero-order valence-electron chi connectivity index (χ0n) is 22.9. The van der Waals surface area contributed by atoms with E-state index in [1.54, 1.807) is 30.3 Å². The van der Waals surface area contributed by atoms with Gasteiger partial charge in [-0.3, -0.25) is 5.41 Å². The molecule has 1 heterocycles. The van der Waals surface area contributed by atoms with Crippen LogP contribution in [-0.2, 0) is 12.8 Å². The molecule has 0 fully saturated rings. The van der Waals surface area contributed by atoms with E-state index in [-0.39, 0.29) is 47.0 Å². The number of anilines is 2. The highest BCUT2D eigenvalue weighted by atomic mass is 19.1. The van der Waals surface area contributed by atoms with Crippen LogP contribution in [0.2, 0.25) is 0 Å². The Morgan fingerprint density at radius 3 is 2.54 bits per heavy atom. The van der Waals surface area contributed by atoms with E-state index in [1.165, 1.54) is 30.6 Å². The van der Waals surface area contributed by atoms with Gasteiger partial charge in [-0.2, -0.15) is 0 Å². The lowest BCUT2D eigenvalue weighted by Gasteiger charge is -2.27. The summed E-state index contributed by atoms with van der Waals surface area (Å²) >= 11 is 0. The van der Waals surface area contributed by atoms with Crippen LogP contribution < -0.4 is 11.1 Å². The molecule has 5 rings (SSSR count). The van der Waals surface area contributed by atoms with Crippen LogP contribution in [-0.4, -0.2) is 22.2 Å². The van der Waals surface area contributed by atoms with Crippen molar-refractivity contribution < 1.29 is 13.2 Å². The van der Waals surface area contributed by atoms with Crippen LogP contribution in [0.3, 0.4) is 0 Å². The fourth-order valence-corrected chi connectivity index (χ4v) is 5.31. The first-order valence-electron chi connectivity index (χ1n) is 13.3. The zero-order chi connectivity index (χ0) is 29.3. The molecule has 3 aromatic carbocycles. The smallest absolute Gasteiger partial charge is 0.141 e. The molecule has 4 N–H and O–H groups in total. The van der Waals surface area contributed by atoms with Gasteiger partial charge >= 0.3 is 0 Å². The zero-order valence-corrected chi connectivity index (χ0v) is 22.9. The van der Waals surface area contributed by atoms with Crippen LogP contribution in [0.4, 0.5) is 24.8 Å². The number of rotatable bonds is 8. The molecule has 0 saturated heterocycles. The van der Waals surface area contributed by atoms with Gasteiger partial charge in [-0.05, 0) is 76.4 Å². The summed E-state index contributed by atoms with van der Waals surface area (Å²) in [5, 5.41) is 12.1. The summed E-state index contributed by atoms with van der Waals surface area (Å²) in [5.74, 6) is -0.549. The second kappa shape index (κ2) is 11.4. The van der Waals surface area contributed by atoms with E-state index in [2.05, 4.69) is 21.9 Å². The van der Waals surface area contributed by atoms with E-state index in [0.29, 0.717) is 46.2 Å². The molecule has 0 spiro atoms. The summed E-state index contributed by atoms with van der Waals surface area (Å²) in [4.78, 5) is 8.40. The summed E-state index contributed by atoms with van der Waals surface area (Å²) in [6.07, 6.45) is 2.26. The van der Waals surface area contributed by atoms with Crippen molar-refractivity contribution in [3.05, 3.63) is 130 Å². The third-order valence-electron chi connectivity index (χ3n) is 7.14. The van der Waals surface area contributed by atoms with Crippen molar-refractivity contribution in [2.45, 2.75) is 26.7 Å². The molecule has 0 radical (unpaired) electrons. The van der Waals surface area contributed by atoms with Gasteiger partial charge < -0.3 is 11.1 Å². The first-order valence-corrected chi connectivity index (χ1v) is 13.3. The van der Waals surface area contributed by atoms with Gasteiger partial charge in [0.15, 0.2) is 0 Å². The van der Waals surface area contributed by atoms with Gasteiger partial charge in [0.1, 0.15) is 35.4 Å². The van der Waals surface area contributed by atoms with Crippen LogP contribution in [0.25, 0.3) is 11.1 Å². The van der Waals surface area contributed by atoms with Crippen molar-refractivity contribution in [1.29, 1.82) is 5.41 Å². The molecule has 0 saturated carbocycles. The molecule has 0 aliphatic heterocycles. The maximum absolute atomic E-state index is 14.9. The SMILES string of the molecule is C=C1C(c2cccc(F)c2)=C(CNc2ncnc(N)c2C(=N)c2ccc(CC(C)C)c(F)c2)Cc2cccc(F)c21. The van der Waals surface area contributed by atoms with Crippen molar-refractivity contribution in [1.82, 2.24) is 9.97 Å². The predicted molar refractivity (Wildman–Crippen MR) is 158 cm³/mol. The lowest BCUT2D eigenvalue weighted by atomic mass is 9.79. The van der Waals surface area contributed by atoms with E-state index >= 15 is 0 Å². The Bertz CT molecular complexity index is 1710. The van der Waals surface area contributed by atoms with Crippen LogP contribution in [0.15, 0.2) is 79.1 Å². The number of hydrogen-bond donors (Lipinski definition) is 3. The highest BCUT2D eigenvalue weighted by molar-refractivity contribution is 6.16. The molecule has 8 heteroatoms. The molecular formula is C33H30F3N5. The molecule has 0 bridgehead atoms. The van der Waals surface area contributed by atoms with Gasteiger partial charge in [-0.25, -0.2) is 23.1 Å². The lowest BCUT2D eigenvalue weighted by molar-refractivity contribution is 0.574. The third-order valence-corrected chi connectivity index (χ3v) is 7.14. The largest absolute Gasteiger partial charge is 0.383 e. The third kappa shape index (κ3) is 5.63. The Kier molecular flexibility index (Phi) is 7.75. The van der Waals surface area contributed by atoms with Gasteiger partial charge in [0.25, 0.3) is 0 Å². The van der Waals surface area contributed by atoms with Gasteiger partial charge in [0.2, 0.25) is 0 Å². The maximum Gasteiger partial charge on any atom is 0.141 e. The lowest BCUT2D eigenvalue weighted by Crippen LogP contribution is -2.19. The molecule has 41 heavy (non-hydrogen) atoms. The Balaban J connectivity index is 1.51. The number of halogens is 3. The number of hydrogen-bond acceptors (Lipinski definition) is 5. The van der Waals surface area contributed by atoms with E-state index < -0.39 is 5.82 Å². The standard InChI is InChI=1S/C33H30F3N5/c1-18(2)12-20-10-11-23(15-27(20)36)31(37)30-32(38)40-17-41-33(30)39-16-24-13-21-7-5-9-26(35)29(21)19(3)28(24)22-6-4-8-25(34)14-22/h4-11,14-15,17-18,37H,3,12-13,16H2,1-2H3,(H3,38,39,40,41). The molecule has 0 amide bonds. The molecule has 208 valence electrons. The number of benzene rings is 3. The minimum atomic E-state index is -0.416. The molecule has 0 atom stereocenters. The number of nitrogens with two attached hydrogens (primary N) is 1. The van der Waals surface area contributed by atoms with E-state index in [0.717, 1.165) is 11.1 Å². The normalized spacial score (nSPS) is 13.0. The Labute approximate surface area is 237 Å². The van der Waals surface area contributed by atoms with Crippen LogP contribution in [0, 0.1) is 28.8 Å². The molecule has 1 aliphatic rings. The summed E-state index contributed by atoms with van der Waals surface area (Å²) in [5.41, 5.74) is 11.0. The highest BCUT2D eigenvalue weighted by Gasteiger charge is 2.26. The average Bonchev–Trinajstić information content (AvgIpc) is 2.92. The summed E-state index contributed by atoms with van der Waals surface area (Å²) in [6, 6.07) is 15.7. The van der Waals surface area contributed by atoms with Crippen molar-refractivity contribution in [2.24, 2.45) is 5.92 Å². The Hall–Kier alpha value is -4.72. The summed E-state index contributed by atoms with van der Waals surface area (Å²) in [6.45, 7) is 8.43. The summed E-state index contributed by atoms with van der Waals surface area (Å²) in [7, 11) is 0. The molecule has 0 unspecified atom stereocenters. The Morgan fingerprint density at radius 2 is 1.80 bits per heavy atom. The van der Waals surface area contributed by atoms with Gasteiger partial charge in [-0.1, -0.05) is 56.8 Å². The van der Waals surface area contributed by atoms with Crippen LogP contribution in [0.1, 0.15) is 47.2 Å². The molecular weight excluding hydrogens is 523 g/mol. The second-order valence-electron chi connectivity index (χ2n) is 10.5. The van der Waals surface area contributed by atoms with E-state index in [9.17, 15) is 13.2 Å². The molecule has 5 nitrogen and oxygen atoms in total. The number of nitrogens with one attached hydrogen (secondary N) is 2. The maximum atomic E-state index is 14.9. The average molecular weight is 554 g/mol. The van der Waals surface area contributed by atoms with Crippen molar-refractivity contribution in [2.75, 3.05) is 17.6 Å².